The summed E-state index contributed by atoms with van der Waals surface area (Å²) in [6.45, 7) is 0. The smallest absolute Gasteiger partial charge is 0.261 e. The summed E-state index contributed by atoms with van der Waals surface area (Å²) in [5.41, 5.74) is 1.05. The van der Waals surface area contributed by atoms with Crippen molar-refractivity contribution in [2.24, 2.45) is 7.05 Å². The number of hydrogen-bond acceptors (Lipinski definition) is 5. The van der Waals surface area contributed by atoms with Gasteiger partial charge in [-0.3, -0.25) is 4.72 Å². The molecule has 2 aromatic carbocycles. The lowest BCUT2D eigenvalue weighted by atomic mass is 10.2. The molecule has 0 aliphatic carbocycles. The first-order chi connectivity index (χ1) is 11.4. The molecule has 0 aliphatic rings. The Balaban J connectivity index is 1.93. The third-order valence-electron chi connectivity index (χ3n) is 3.19. The molecule has 0 spiro atoms. The van der Waals surface area contributed by atoms with E-state index in [1.54, 1.807) is 31.3 Å². The number of nitrogens with zero attached hydrogens (tertiary/aromatic N) is 4. The maximum Gasteiger partial charge on any atom is 0.261 e. The van der Waals surface area contributed by atoms with Crippen molar-refractivity contribution in [3.05, 3.63) is 52.5 Å². The van der Waals surface area contributed by atoms with E-state index in [1.807, 2.05) is 0 Å². The molecule has 0 fully saturated rings. The molecular weight excluding hydrogens is 373 g/mol. The summed E-state index contributed by atoms with van der Waals surface area (Å²) in [7, 11) is -2.10. The van der Waals surface area contributed by atoms with E-state index in [2.05, 4.69) is 20.2 Å². The van der Waals surface area contributed by atoms with Gasteiger partial charge in [-0.25, -0.2) is 13.1 Å². The van der Waals surface area contributed by atoms with Crippen molar-refractivity contribution in [3.8, 4) is 11.4 Å². The summed E-state index contributed by atoms with van der Waals surface area (Å²) < 4.78 is 28.9. The van der Waals surface area contributed by atoms with Crippen molar-refractivity contribution in [2.45, 2.75) is 4.90 Å². The zero-order valence-corrected chi connectivity index (χ0v) is 14.6. The largest absolute Gasteiger partial charge is 0.280 e. The van der Waals surface area contributed by atoms with Gasteiger partial charge in [0, 0.05) is 18.3 Å². The van der Waals surface area contributed by atoms with Gasteiger partial charge in [0.15, 0.2) is 5.82 Å². The third kappa shape index (κ3) is 3.35. The molecule has 1 heterocycles. The Labute approximate surface area is 148 Å². The first kappa shape index (κ1) is 16.7. The number of rotatable bonds is 4. The van der Waals surface area contributed by atoms with Crippen molar-refractivity contribution >= 4 is 38.9 Å². The Hall–Kier alpha value is -2.16. The van der Waals surface area contributed by atoms with Crippen LogP contribution >= 0.6 is 23.2 Å². The molecule has 124 valence electrons. The molecule has 1 aromatic heterocycles. The van der Waals surface area contributed by atoms with Gasteiger partial charge in [-0.05, 0) is 40.8 Å². The first-order valence-electron chi connectivity index (χ1n) is 6.67. The van der Waals surface area contributed by atoms with E-state index in [0.29, 0.717) is 17.1 Å². The Morgan fingerprint density at radius 3 is 2.54 bits per heavy atom. The van der Waals surface area contributed by atoms with Gasteiger partial charge in [-0.15, -0.1) is 5.10 Å². The van der Waals surface area contributed by atoms with E-state index in [9.17, 15) is 8.42 Å². The summed E-state index contributed by atoms with van der Waals surface area (Å²) >= 11 is 11.7. The minimum absolute atomic E-state index is 0.0163. The molecular formula is C14H11Cl2N5O2S. The number of anilines is 1. The Kier molecular flexibility index (Phi) is 4.44. The average molecular weight is 384 g/mol. The van der Waals surface area contributed by atoms with Crippen LogP contribution in [0.25, 0.3) is 11.4 Å². The quantitative estimate of drug-likeness (QED) is 0.747. The fourth-order valence-electron chi connectivity index (χ4n) is 2.05. The summed E-state index contributed by atoms with van der Waals surface area (Å²) in [5, 5.41) is 11.7. The second kappa shape index (κ2) is 6.39. The van der Waals surface area contributed by atoms with Crippen molar-refractivity contribution in [1.29, 1.82) is 0 Å². The van der Waals surface area contributed by atoms with Gasteiger partial charge in [-0.2, -0.15) is 0 Å². The lowest BCUT2D eigenvalue weighted by Gasteiger charge is -2.10. The molecule has 0 atom stereocenters. The standard InChI is InChI=1S/C14H11Cl2N5O2S/c1-21-14(17-19-20-21)9-3-2-4-10(7-9)18-24(22,23)11-5-6-12(15)13(16)8-11/h2-8,18H,1H3. The van der Waals surface area contributed by atoms with E-state index < -0.39 is 10.0 Å². The molecule has 3 rings (SSSR count). The summed E-state index contributed by atoms with van der Waals surface area (Å²) in [6.07, 6.45) is 0. The number of aromatic nitrogens is 4. The number of benzene rings is 2. The zero-order valence-electron chi connectivity index (χ0n) is 12.3. The number of halogens is 2. The van der Waals surface area contributed by atoms with Crippen LogP contribution in [-0.2, 0) is 17.1 Å². The summed E-state index contributed by atoms with van der Waals surface area (Å²) in [6, 6.07) is 10.9. The number of tetrazole rings is 1. The highest BCUT2D eigenvalue weighted by molar-refractivity contribution is 7.92. The van der Waals surface area contributed by atoms with Crippen LogP contribution in [0.15, 0.2) is 47.4 Å². The molecule has 3 aromatic rings. The van der Waals surface area contributed by atoms with Crippen LogP contribution in [-0.4, -0.2) is 28.6 Å². The second-order valence-corrected chi connectivity index (χ2v) is 7.39. The van der Waals surface area contributed by atoms with Crippen LogP contribution in [0.4, 0.5) is 5.69 Å². The predicted octanol–water partition coefficient (Wildman–Crippen LogP) is 2.98. The number of nitrogens with one attached hydrogen (secondary N) is 1. The third-order valence-corrected chi connectivity index (χ3v) is 5.31. The van der Waals surface area contributed by atoms with Crippen molar-refractivity contribution in [2.75, 3.05) is 4.72 Å². The van der Waals surface area contributed by atoms with Crippen LogP contribution in [0.3, 0.4) is 0 Å². The van der Waals surface area contributed by atoms with Crippen LogP contribution in [0.1, 0.15) is 0 Å². The van der Waals surface area contributed by atoms with Crippen LogP contribution in [0, 0.1) is 0 Å². The molecule has 0 radical (unpaired) electrons. The molecule has 0 saturated heterocycles. The van der Waals surface area contributed by atoms with E-state index >= 15 is 0 Å². The summed E-state index contributed by atoms with van der Waals surface area (Å²) in [4.78, 5) is 0.0163. The highest BCUT2D eigenvalue weighted by atomic mass is 35.5. The minimum Gasteiger partial charge on any atom is -0.280 e. The lowest BCUT2D eigenvalue weighted by Crippen LogP contribution is -2.13. The molecule has 0 unspecified atom stereocenters. The molecule has 0 amide bonds. The molecule has 7 nitrogen and oxygen atoms in total. The maximum absolute atomic E-state index is 12.5. The SMILES string of the molecule is Cn1nnnc1-c1cccc(NS(=O)(=O)c2ccc(Cl)c(Cl)c2)c1. The first-order valence-corrected chi connectivity index (χ1v) is 8.91. The topological polar surface area (TPSA) is 89.8 Å². The van der Waals surface area contributed by atoms with E-state index in [4.69, 9.17) is 23.2 Å². The fraction of sp³-hybridized carbons (Fsp3) is 0.0714. The van der Waals surface area contributed by atoms with E-state index in [1.165, 1.54) is 22.9 Å². The van der Waals surface area contributed by atoms with Gasteiger partial charge >= 0.3 is 0 Å². The highest BCUT2D eigenvalue weighted by Crippen LogP contribution is 2.27. The number of aryl methyl sites for hydroxylation is 1. The molecule has 24 heavy (non-hydrogen) atoms. The van der Waals surface area contributed by atoms with Gasteiger partial charge in [0.2, 0.25) is 0 Å². The maximum atomic E-state index is 12.5. The molecule has 10 heteroatoms. The van der Waals surface area contributed by atoms with Crippen LogP contribution in [0.2, 0.25) is 10.0 Å². The van der Waals surface area contributed by atoms with Crippen molar-refractivity contribution in [1.82, 2.24) is 20.2 Å². The Morgan fingerprint density at radius 2 is 1.88 bits per heavy atom. The number of hydrogen-bond donors (Lipinski definition) is 1. The van der Waals surface area contributed by atoms with E-state index in [-0.39, 0.29) is 14.9 Å². The highest BCUT2D eigenvalue weighted by Gasteiger charge is 2.16. The van der Waals surface area contributed by atoms with Gasteiger partial charge in [-0.1, -0.05) is 35.3 Å². The van der Waals surface area contributed by atoms with Gasteiger partial charge in [0.1, 0.15) is 0 Å². The fourth-order valence-corrected chi connectivity index (χ4v) is 3.49. The molecule has 0 saturated carbocycles. The van der Waals surface area contributed by atoms with Crippen LogP contribution < -0.4 is 4.72 Å². The monoisotopic (exact) mass is 383 g/mol. The van der Waals surface area contributed by atoms with Gasteiger partial charge < -0.3 is 0 Å². The van der Waals surface area contributed by atoms with Crippen molar-refractivity contribution in [3.63, 3.8) is 0 Å². The molecule has 0 aliphatic heterocycles. The number of sulfonamides is 1. The second-order valence-electron chi connectivity index (χ2n) is 4.89. The zero-order chi connectivity index (χ0) is 17.3. The van der Waals surface area contributed by atoms with E-state index in [0.717, 1.165) is 0 Å². The molecule has 1 N–H and O–H groups in total. The van der Waals surface area contributed by atoms with Gasteiger partial charge in [0.05, 0.1) is 14.9 Å². The average Bonchev–Trinajstić information content (AvgIpc) is 2.96. The van der Waals surface area contributed by atoms with Crippen molar-refractivity contribution < 1.29 is 8.42 Å². The predicted molar refractivity (Wildman–Crippen MR) is 91.5 cm³/mol. The van der Waals surface area contributed by atoms with Crippen LogP contribution in [0.5, 0.6) is 0 Å². The lowest BCUT2D eigenvalue weighted by molar-refractivity contribution is 0.601. The normalized spacial score (nSPS) is 11.5. The minimum atomic E-state index is -3.80. The summed E-state index contributed by atoms with van der Waals surface area (Å²) in [5.74, 6) is 0.519. The Bertz CT molecular complexity index is 1000. The van der Waals surface area contributed by atoms with Gasteiger partial charge in [0.25, 0.3) is 10.0 Å². The Morgan fingerprint density at radius 1 is 1.08 bits per heavy atom. The molecule has 0 bridgehead atoms.